The molecule has 0 radical (unpaired) electrons. The van der Waals surface area contributed by atoms with Crippen molar-refractivity contribution in [3.63, 3.8) is 0 Å². The third kappa shape index (κ3) is 2.32. The number of para-hydroxylation sites is 1. The van der Waals surface area contributed by atoms with Crippen LogP contribution >= 0.6 is 11.9 Å². The number of hydrogen-bond acceptors (Lipinski definition) is 3. The van der Waals surface area contributed by atoms with Gasteiger partial charge >= 0.3 is 0 Å². The second-order valence-electron chi connectivity index (χ2n) is 4.04. The molecule has 5 heteroatoms. The van der Waals surface area contributed by atoms with E-state index in [0.717, 1.165) is 10.4 Å². The van der Waals surface area contributed by atoms with Gasteiger partial charge in [0.15, 0.2) is 0 Å². The number of rotatable bonds is 3. The maximum Gasteiger partial charge on any atom is 0.269 e. The van der Waals surface area contributed by atoms with Crippen molar-refractivity contribution in [2.24, 2.45) is 0 Å². The van der Waals surface area contributed by atoms with Gasteiger partial charge in [-0.2, -0.15) is 0 Å². The molecular formula is C14H10N2O2S. The van der Waals surface area contributed by atoms with Crippen LogP contribution in [0.2, 0.25) is 0 Å². The molecule has 4 nitrogen and oxygen atoms in total. The summed E-state index contributed by atoms with van der Waals surface area (Å²) in [5, 5.41) is 11.8. The smallest absolute Gasteiger partial charge is 0.269 e. The van der Waals surface area contributed by atoms with Gasteiger partial charge in [0.1, 0.15) is 0 Å². The van der Waals surface area contributed by atoms with Crippen LogP contribution in [0.1, 0.15) is 0 Å². The number of hydrogen-bond donors (Lipinski definition) is 0. The van der Waals surface area contributed by atoms with E-state index in [4.69, 9.17) is 0 Å². The van der Waals surface area contributed by atoms with Crippen LogP contribution < -0.4 is 0 Å². The maximum atomic E-state index is 10.6. The zero-order chi connectivity index (χ0) is 13.2. The van der Waals surface area contributed by atoms with E-state index in [1.807, 2.05) is 30.5 Å². The zero-order valence-corrected chi connectivity index (χ0v) is 10.7. The average molecular weight is 270 g/mol. The van der Waals surface area contributed by atoms with Gasteiger partial charge in [-0.15, -0.1) is 0 Å². The van der Waals surface area contributed by atoms with Gasteiger partial charge in [-0.25, -0.2) is 0 Å². The Morgan fingerprint density at radius 3 is 2.47 bits per heavy atom. The predicted octanol–water partition coefficient (Wildman–Crippen LogP) is 4.10. The molecule has 0 aliphatic rings. The highest BCUT2D eigenvalue weighted by atomic mass is 32.2. The van der Waals surface area contributed by atoms with Crippen LogP contribution in [0.15, 0.2) is 65.7 Å². The summed E-state index contributed by atoms with van der Waals surface area (Å²) >= 11 is 1.54. The van der Waals surface area contributed by atoms with E-state index in [-0.39, 0.29) is 10.6 Å². The Balaban J connectivity index is 1.90. The highest BCUT2D eigenvalue weighted by Crippen LogP contribution is 2.27. The molecule has 0 saturated heterocycles. The van der Waals surface area contributed by atoms with Gasteiger partial charge in [-0.3, -0.25) is 14.1 Å². The van der Waals surface area contributed by atoms with Crippen LogP contribution in [0.5, 0.6) is 0 Å². The van der Waals surface area contributed by atoms with E-state index in [1.165, 1.54) is 29.5 Å². The molecule has 0 aliphatic heterocycles. The number of benzene rings is 2. The summed E-state index contributed by atoms with van der Waals surface area (Å²) in [6.45, 7) is 0. The normalized spacial score (nSPS) is 10.7. The first-order valence-corrected chi connectivity index (χ1v) is 6.50. The Hall–Kier alpha value is -2.27. The van der Waals surface area contributed by atoms with E-state index in [2.05, 4.69) is 10.0 Å². The minimum absolute atomic E-state index is 0.113. The molecular weight excluding hydrogens is 260 g/mol. The van der Waals surface area contributed by atoms with E-state index in [1.54, 1.807) is 12.1 Å². The Bertz CT molecular complexity index is 735. The van der Waals surface area contributed by atoms with E-state index < -0.39 is 0 Å². The molecule has 0 aliphatic carbocycles. The SMILES string of the molecule is O=[N+]([O-])c1ccc(Sn2ccc3ccccc32)cc1. The quantitative estimate of drug-likeness (QED) is 0.531. The van der Waals surface area contributed by atoms with Crippen molar-refractivity contribution in [2.45, 2.75) is 4.90 Å². The fourth-order valence-corrected chi connectivity index (χ4v) is 2.75. The average Bonchev–Trinajstić information content (AvgIpc) is 2.83. The van der Waals surface area contributed by atoms with E-state index >= 15 is 0 Å². The van der Waals surface area contributed by atoms with Crippen LogP contribution in [0, 0.1) is 10.1 Å². The van der Waals surface area contributed by atoms with Crippen LogP contribution in [0.25, 0.3) is 10.9 Å². The minimum atomic E-state index is -0.389. The molecule has 0 spiro atoms. The molecule has 0 atom stereocenters. The Kier molecular flexibility index (Phi) is 2.97. The number of nitrogens with zero attached hydrogens (tertiary/aromatic N) is 2. The topological polar surface area (TPSA) is 48.1 Å². The standard InChI is InChI=1S/C14H10N2O2S/c17-16(18)12-5-7-13(8-6-12)19-15-10-9-11-3-1-2-4-14(11)15/h1-10H. The third-order valence-corrected chi connectivity index (χ3v) is 3.81. The third-order valence-electron chi connectivity index (χ3n) is 2.81. The van der Waals surface area contributed by atoms with E-state index in [9.17, 15) is 10.1 Å². The highest BCUT2D eigenvalue weighted by Gasteiger charge is 2.06. The first-order chi connectivity index (χ1) is 9.24. The number of aromatic nitrogens is 1. The number of nitro benzene ring substituents is 1. The highest BCUT2D eigenvalue weighted by molar-refractivity contribution is 7.98. The molecule has 1 aromatic heterocycles. The van der Waals surface area contributed by atoms with Crippen molar-refractivity contribution >= 4 is 28.5 Å². The van der Waals surface area contributed by atoms with Crippen LogP contribution in [0.3, 0.4) is 0 Å². The van der Waals surface area contributed by atoms with Crippen LogP contribution in [-0.4, -0.2) is 8.90 Å². The lowest BCUT2D eigenvalue weighted by Gasteiger charge is -2.04. The largest absolute Gasteiger partial charge is 0.287 e. The van der Waals surface area contributed by atoms with Crippen molar-refractivity contribution < 1.29 is 4.92 Å². The molecule has 94 valence electrons. The molecule has 3 rings (SSSR count). The van der Waals surface area contributed by atoms with E-state index in [0.29, 0.717) is 0 Å². The second-order valence-corrected chi connectivity index (χ2v) is 5.09. The van der Waals surface area contributed by atoms with Crippen molar-refractivity contribution in [2.75, 3.05) is 0 Å². The van der Waals surface area contributed by atoms with Gasteiger partial charge in [0.05, 0.1) is 10.4 Å². The van der Waals surface area contributed by atoms with Gasteiger partial charge < -0.3 is 0 Å². The number of non-ortho nitro benzene ring substituents is 1. The molecule has 0 amide bonds. The number of nitro groups is 1. The first kappa shape index (κ1) is 11.8. The first-order valence-electron chi connectivity index (χ1n) is 5.73. The summed E-state index contributed by atoms with van der Waals surface area (Å²) in [6, 6.07) is 16.7. The van der Waals surface area contributed by atoms with Gasteiger partial charge in [-0.1, -0.05) is 18.2 Å². The van der Waals surface area contributed by atoms with Gasteiger partial charge in [0.25, 0.3) is 5.69 Å². The number of fused-ring (bicyclic) bond motifs is 1. The maximum absolute atomic E-state index is 10.6. The molecule has 19 heavy (non-hydrogen) atoms. The summed E-state index contributed by atoms with van der Waals surface area (Å²) in [5.41, 5.74) is 1.24. The fourth-order valence-electron chi connectivity index (χ4n) is 1.88. The predicted molar refractivity (Wildman–Crippen MR) is 76.3 cm³/mol. The van der Waals surface area contributed by atoms with Crippen molar-refractivity contribution in [3.8, 4) is 0 Å². The van der Waals surface area contributed by atoms with Gasteiger partial charge in [0, 0.05) is 28.6 Å². The fraction of sp³-hybridized carbons (Fsp3) is 0. The summed E-state index contributed by atoms with van der Waals surface area (Å²) in [4.78, 5) is 11.2. The Labute approximate surface area is 114 Å². The molecule has 2 aromatic carbocycles. The second kappa shape index (κ2) is 4.78. The van der Waals surface area contributed by atoms with Crippen LogP contribution in [0.4, 0.5) is 5.69 Å². The lowest BCUT2D eigenvalue weighted by molar-refractivity contribution is -0.384. The molecule has 3 aromatic rings. The zero-order valence-electron chi connectivity index (χ0n) is 9.89. The summed E-state index contributed by atoms with van der Waals surface area (Å²) in [7, 11) is 0. The molecule has 0 unspecified atom stereocenters. The molecule has 0 saturated carbocycles. The van der Waals surface area contributed by atoms with Crippen LogP contribution in [-0.2, 0) is 0 Å². The van der Waals surface area contributed by atoms with Crippen molar-refractivity contribution in [1.82, 2.24) is 3.97 Å². The molecule has 0 fully saturated rings. The summed E-state index contributed by atoms with van der Waals surface area (Å²) < 4.78 is 2.05. The van der Waals surface area contributed by atoms with Crippen molar-refractivity contribution in [1.29, 1.82) is 0 Å². The Morgan fingerprint density at radius 1 is 1.00 bits per heavy atom. The molecule has 0 N–H and O–H groups in total. The Morgan fingerprint density at radius 2 is 1.74 bits per heavy atom. The lowest BCUT2D eigenvalue weighted by Crippen LogP contribution is -1.88. The van der Waals surface area contributed by atoms with Crippen molar-refractivity contribution in [3.05, 3.63) is 70.9 Å². The molecule has 0 bridgehead atoms. The monoisotopic (exact) mass is 270 g/mol. The van der Waals surface area contributed by atoms with Gasteiger partial charge in [-0.05, 0) is 36.2 Å². The lowest BCUT2D eigenvalue weighted by atomic mass is 10.3. The molecule has 1 heterocycles. The summed E-state index contributed by atoms with van der Waals surface area (Å²) in [6.07, 6.45) is 2.00. The van der Waals surface area contributed by atoms with Gasteiger partial charge in [0.2, 0.25) is 0 Å². The summed E-state index contributed by atoms with van der Waals surface area (Å²) in [5.74, 6) is 0. The minimum Gasteiger partial charge on any atom is -0.287 e.